The van der Waals surface area contributed by atoms with E-state index in [2.05, 4.69) is 5.32 Å². The average molecular weight is 382 g/mol. The van der Waals surface area contributed by atoms with E-state index in [-0.39, 0.29) is 12.5 Å². The first kappa shape index (κ1) is 19.3. The molecule has 2 aromatic carbocycles. The molecular weight excluding hydrogens is 360 g/mol. The highest BCUT2D eigenvalue weighted by Gasteiger charge is 2.16. The Labute approximate surface area is 162 Å². The third-order valence-corrected chi connectivity index (χ3v) is 4.45. The predicted octanol–water partition coefficient (Wildman–Crippen LogP) is 2.76. The minimum atomic E-state index is -0.430. The molecule has 0 bridgehead atoms. The third kappa shape index (κ3) is 3.93. The van der Waals surface area contributed by atoms with Crippen LogP contribution in [0.1, 0.15) is 15.9 Å². The number of benzene rings is 2. The van der Waals surface area contributed by atoms with Crippen molar-refractivity contribution in [2.75, 3.05) is 21.3 Å². The number of fused-ring (bicyclic) bond motifs is 1. The molecule has 0 aliphatic carbocycles. The number of esters is 1. The summed E-state index contributed by atoms with van der Waals surface area (Å²) in [5, 5.41) is 3.63. The molecule has 0 spiro atoms. The first-order valence-corrected chi connectivity index (χ1v) is 8.71. The lowest BCUT2D eigenvalue weighted by atomic mass is 10.2. The number of methoxy groups -OCH3 is 3. The van der Waals surface area contributed by atoms with Crippen molar-refractivity contribution in [2.24, 2.45) is 0 Å². The Morgan fingerprint density at radius 2 is 1.75 bits per heavy atom. The van der Waals surface area contributed by atoms with Gasteiger partial charge in [0, 0.05) is 23.6 Å². The summed E-state index contributed by atoms with van der Waals surface area (Å²) in [5.74, 6) is 0.632. The molecule has 0 fully saturated rings. The Morgan fingerprint density at radius 1 is 1.00 bits per heavy atom. The molecule has 1 heterocycles. The Bertz CT molecular complexity index is 1010. The van der Waals surface area contributed by atoms with Crippen molar-refractivity contribution in [3.8, 4) is 11.5 Å². The second-order valence-electron chi connectivity index (χ2n) is 6.15. The quantitative estimate of drug-likeness (QED) is 0.636. The van der Waals surface area contributed by atoms with Crippen molar-refractivity contribution in [1.29, 1.82) is 0 Å². The standard InChI is InChI=1S/C21H22N2O5/c1-26-18-9-8-14(10-19(18)27-2)11-22-20(24)13-23-12-16(21(25)28-3)15-6-4-5-7-17(15)23/h4-10,12H,11,13H2,1-3H3,(H,22,24). The topological polar surface area (TPSA) is 78.8 Å². The van der Waals surface area contributed by atoms with Crippen LogP contribution in [0.15, 0.2) is 48.7 Å². The van der Waals surface area contributed by atoms with Crippen LogP contribution < -0.4 is 14.8 Å². The first-order chi connectivity index (χ1) is 13.6. The minimum Gasteiger partial charge on any atom is -0.493 e. The molecule has 0 radical (unpaired) electrons. The van der Waals surface area contributed by atoms with Crippen molar-refractivity contribution in [2.45, 2.75) is 13.1 Å². The molecule has 0 aliphatic heterocycles. The summed E-state index contributed by atoms with van der Waals surface area (Å²) in [6, 6.07) is 12.9. The smallest absolute Gasteiger partial charge is 0.340 e. The van der Waals surface area contributed by atoms with Gasteiger partial charge in [-0.05, 0) is 23.8 Å². The van der Waals surface area contributed by atoms with Crippen molar-refractivity contribution in [3.63, 3.8) is 0 Å². The van der Waals surface area contributed by atoms with Gasteiger partial charge in [0.05, 0.1) is 26.9 Å². The van der Waals surface area contributed by atoms with E-state index in [0.29, 0.717) is 23.6 Å². The molecule has 0 unspecified atom stereocenters. The number of aromatic nitrogens is 1. The molecule has 146 valence electrons. The Hall–Kier alpha value is -3.48. The number of ether oxygens (including phenoxy) is 3. The van der Waals surface area contributed by atoms with E-state index in [4.69, 9.17) is 14.2 Å². The number of hydrogen-bond acceptors (Lipinski definition) is 5. The van der Waals surface area contributed by atoms with Gasteiger partial charge in [-0.25, -0.2) is 4.79 Å². The van der Waals surface area contributed by atoms with Gasteiger partial charge in [-0.2, -0.15) is 0 Å². The highest BCUT2D eigenvalue weighted by Crippen LogP contribution is 2.27. The van der Waals surface area contributed by atoms with Crippen LogP contribution >= 0.6 is 0 Å². The molecule has 3 rings (SSSR count). The van der Waals surface area contributed by atoms with Crippen LogP contribution in [-0.2, 0) is 22.6 Å². The molecule has 7 nitrogen and oxygen atoms in total. The molecule has 1 N–H and O–H groups in total. The van der Waals surface area contributed by atoms with Crippen LogP contribution in [-0.4, -0.2) is 37.8 Å². The Balaban J connectivity index is 1.73. The van der Waals surface area contributed by atoms with Crippen molar-refractivity contribution in [3.05, 3.63) is 59.8 Å². The molecule has 0 saturated carbocycles. The molecule has 7 heteroatoms. The lowest BCUT2D eigenvalue weighted by molar-refractivity contribution is -0.121. The number of amides is 1. The second kappa shape index (κ2) is 8.47. The van der Waals surface area contributed by atoms with Gasteiger partial charge in [-0.3, -0.25) is 4.79 Å². The number of carbonyl (C=O) groups is 2. The maximum atomic E-state index is 12.5. The van der Waals surface area contributed by atoms with Crippen molar-refractivity contribution >= 4 is 22.8 Å². The SMILES string of the molecule is COC(=O)c1cn(CC(=O)NCc2ccc(OC)c(OC)c2)c2ccccc12. The molecule has 0 aliphatic rings. The minimum absolute atomic E-state index is 0.0881. The van der Waals surface area contributed by atoms with Gasteiger partial charge < -0.3 is 24.1 Å². The Morgan fingerprint density at radius 3 is 2.46 bits per heavy atom. The maximum absolute atomic E-state index is 12.5. The van der Waals surface area contributed by atoms with E-state index in [0.717, 1.165) is 16.5 Å². The fraction of sp³-hybridized carbons (Fsp3) is 0.238. The first-order valence-electron chi connectivity index (χ1n) is 8.71. The number of para-hydroxylation sites is 1. The molecular formula is C21H22N2O5. The van der Waals surface area contributed by atoms with Gasteiger partial charge in [0.1, 0.15) is 6.54 Å². The summed E-state index contributed by atoms with van der Waals surface area (Å²) in [7, 11) is 4.48. The fourth-order valence-electron chi connectivity index (χ4n) is 3.05. The summed E-state index contributed by atoms with van der Waals surface area (Å²) in [4.78, 5) is 24.4. The van der Waals surface area contributed by atoms with Crippen LogP contribution in [0.3, 0.4) is 0 Å². The monoisotopic (exact) mass is 382 g/mol. The van der Waals surface area contributed by atoms with E-state index in [9.17, 15) is 9.59 Å². The van der Waals surface area contributed by atoms with E-state index in [1.807, 2.05) is 36.4 Å². The molecule has 0 saturated heterocycles. The van der Waals surface area contributed by atoms with E-state index in [1.54, 1.807) is 31.0 Å². The maximum Gasteiger partial charge on any atom is 0.340 e. The number of carbonyl (C=O) groups excluding carboxylic acids is 2. The zero-order valence-electron chi connectivity index (χ0n) is 16.0. The van der Waals surface area contributed by atoms with Gasteiger partial charge in [-0.15, -0.1) is 0 Å². The normalized spacial score (nSPS) is 10.5. The lowest BCUT2D eigenvalue weighted by Gasteiger charge is -2.11. The number of rotatable bonds is 7. The third-order valence-electron chi connectivity index (χ3n) is 4.45. The highest BCUT2D eigenvalue weighted by atomic mass is 16.5. The van der Waals surface area contributed by atoms with Crippen LogP contribution in [0.25, 0.3) is 10.9 Å². The van der Waals surface area contributed by atoms with E-state index >= 15 is 0 Å². The van der Waals surface area contributed by atoms with Crippen LogP contribution in [0.2, 0.25) is 0 Å². The van der Waals surface area contributed by atoms with Crippen molar-refractivity contribution < 1.29 is 23.8 Å². The van der Waals surface area contributed by atoms with Gasteiger partial charge in [0.15, 0.2) is 11.5 Å². The van der Waals surface area contributed by atoms with Gasteiger partial charge in [0.25, 0.3) is 0 Å². The lowest BCUT2D eigenvalue weighted by Crippen LogP contribution is -2.26. The summed E-state index contributed by atoms with van der Waals surface area (Å²) in [5.41, 5.74) is 2.12. The summed E-state index contributed by atoms with van der Waals surface area (Å²) >= 11 is 0. The summed E-state index contributed by atoms with van der Waals surface area (Å²) < 4.78 is 17.1. The van der Waals surface area contributed by atoms with Gasteiger partial charge in [0.2, 0.25) is 5.91 Å². The molecule has 1 amide bonds. The largest absolute Gasteiger partial charge is 0.493 e. The summed E-state index contributed by atoms with van der Waals surface area (Å²) in [6.07, 6.45) is 1.65. The average Bonchev–Trinajstić information content (AvgIpc) is 3.09. The molecule has 28 heavy (non-hydrogen) atoms. The van der Waals surface area contributed by atoms with Crippen LogP contribution in [0.4, 0.5) is 0 Å². The zero-order chi connectivity index (χ0) is 20.1. The molecule has 1 aromatic heterocycles. The number of nitrogens with one attached hydrogen (secondary N) is 1. The summed E-state index contributed by atoms with van der Waals surface area (Å²) in [6.45, 7) is 0.438. The Kier molecular flexibility index (Phi) is 5.84. The van der Waals surface area contributed by atoms with Crippen LogP contribution in [0.5, 0.6) is 11.5 Å². The van der Waals surface area contributed by atoms with E-state index < -0.39 is 5.97 Å². The van der Waals surface area contributed by atoms with Gasteiger partial charge in [-0.1, -0.05) is 24.3 Å². The molecule has 0 atom stereocenters. The van der Waals surface area contributed by atoms with Crippen molar-refractivity contribution in [1.82, 2.24) is 9.88 Å². The predicted molar refractivity (Wildman–Crippen MR) is 105 cm³/mol. The highest BCUT2D eigenvalue weighted by molar-refractivity contribution is 6.04. The number of hydrogen-bond donors (Lipinski definition) is 1. The number of nitrogens with zero attached hydrogens (tertiary/aromatic N) is 1. The molecule has 3 aromatic rings. The second-order valence-corrected chi connectivity index (χ2v) is 6.15. The van der Waals surface area contributed by atoms with E-state index in [1.165, 1.54) is 7.11 Å². The van der Waals surface area contributed by atoms with Gasteiger partial charge >= 0.3 is 5.97 Å². The van der Waals surface area contributed by atoms with Crippen LogP contribution in [0, 0.1) is 0 Å². The fourth-order valence-corrected chi connectivity index (χ4v) is 3.05. The zero-order valence-corrected chi connectivity index (χ0v) is 16.0.